The van der Waals surface area contributed by atoms with Crippen molar-refractivity contribution in [2.45, 2.75) is 39.2 Å². The summed E-state index contributed by atoms with van der Waals surface area (Å²) in [5, 5.41) is 12.3. The molecular formula is C10H19NO2. The Kier molecular flexibility index (Phi) is 3.72. The van der Waals surface area contributed by atoms with E-state index < -0.39 is 5.97 Å². The summed E-state index contributed by atoms with van der Waals surface area (Å²) in [6.45, 7) is 5.24. The van der Waals surface area contributed by atoms with Gasteiger partial charge in [-0.05, 0) is 31.7 Å². The van der Waals surface area contributed by atoms with Crippen molar-refractivity contribution < 1.29 is 9.90 Å². The standard InChI is InChI=1S/C10H19NO2/c1-7(2)6-9-8(10(12)13)4-3-5-11-9/h7-9,11H,3-6H2,1-2H3,(H,12,13). The maximum atomic E-state index is 10.9. The third kappa shape index (κ3) is 2.99. The number of nitrogens with one attached hydrogen (secondary N) is 1. The molecule has 0 aromatic heterocycles. The van der Waals surface area contributed by atoms with Crippen LogP contribution < -0.4 is 5.32 Å². The van der Waals surface area contributed by atoms with Gasteiger partial charge in [0.2, 0.25) is 0 Å². The zero-order valence-corrected chi connectivity index (χ0v) is 8.42. The van der Waals surface area contributed by atoms with Crippen LogP contribution in [0.2, 0.25) is 0 Å². The van der Waals surface area contributed by atoms with Gasteiger partial charge < -0.3 is 10.4 Å². The highest BCUT2D eigenvalue weighted by Crippen LogP contribution is 2.21. The number of carboxylic acids is 1. The molecule has 2 unspecified atom stereocenters. The first kappa shape index (κ1) is 10.5. The van der Waals surface area contributed by atoms with Crippen LogP contribution in [0.25, 0.3) is 0 Å². The minimum atomic E-state index is -0.641. The Labute approximate surface area is 79.5 Å². The molecule has 0 bridgehead atoms. The van der Waals surface area contributed by atoms with Crippen LogP contribution in [0.4, 0.5) is 0 Å². The summed E-state index contributed by atoms with van der Waals surface area (Å²) >= 11 is 0. The minimum Gasteiger partial charge on any atom is -0.481 e. The average molecular weight is 185 g/mol. The van der Waals surface area contributed by atoms with Gasteiger partial charge in [0.05, 0.1) is 5.92 Å². The number of rotatable bonds is 3. The van der Waals surface area contributed by atoms with E-state index in [1.807, 2.05) is 0 Å². The van der Waals surface area contributed by atoms with Crippen molar-refractivity contribution in [1.82, 2.24) is 5.32 Å². The third-order valence-electron chi connectivity index (χ3n) is 2.63. The summed E-state index contributed by atoms with van der Waals surface area (Å²) in [5.74, 6) is -0.244. The molecule has 3 nitrogen and oxygen atoms in total. The number of carboxylic acid groups (broad SMARTS) is 1. The van der Waals surface area contributed by atoms with Gasteiger partial charge in [-0.3, -0.25) is 4.79 Å². The lowest BCUT2D eigenvalue weighted by Crippen LogP contribution is -2.45. The van der Waals surface area contributed by atoms with Crippen LogP contribution in [0, 0.1) is 11.8 Å². The Morgan fingerprint density at radius 2 is 2.31 bits per heavy atom. The van der Waals surface area contributed by atoms with E-state index in [0.717, 1.165) is 25.8 Å². The Bertz CT molecular complexity index is 180. The molecule has 1 aliphatic heterocycles. The topological polar surface area (TPSA) is 49.3 Å². The van der Waals surface area contributed by atoms with Gasteiger partial charge >= 0.3 is 5.97 Å². The Morgan fingerprint density at radius 1 is 1.62 bits per heavy atom. The molecule has 13 heavy (non-hydrogen) atoms. The maximum Gasteiger partial charge on any atom is 0.308 e. The largest absolute Gasteiger partial charge is 0.481 e. The third-order valence-corrected chi connectivity index (χ3v) is 2.63. The molecule has 1 fully saturated rings. The van der Waals surface area contributed by atoms with E-state index in [2.05, 4.69) is 19.2 Å². The van der Waals surface area contributed by atoms with E-state index >= 15 is 0 Å². The summed E-state index contributed by atoms with van der Waals surface area (Å²) < 4.78 is 0. The van der Waals surface area contributed by atoms with Crippen molar-refractivity contribution in [3.05, 3.63) is 0 Å². The van der Waals surface area contributed by atoms with E-state index in [-0.39, 0.29) is 12.0 Å². The quantitative estimate of drug-likeness (QED) is 0.700. The highest BCUT2D eigenvalue weighted by atomic mass is 16.4. The maximum absolute atomic E-state index is 10.9. The molecule has 1 heterocycles. The molecule has 2 atom stereocenters. The number of piperidine rings is 1. The summed E-state index contributed by atoms with van der Waals surface area (Å²) in [5.41, 5.74) is 0. The lowest BCUT2D eigenvalue weighted by molar-refractivity contribution is -0.143. The average Bonchev–Trinajstić information content (AvgIpc) is 2.03. The van der Waals surface area contributed by atoms with E-state index in [0.29, 0.717) is 5.92 Å². The molecule has 0 aromatic carbocycles. The fraction of sp³-hybridized carbons (Fsp3) is 0.900. The molecule has 0 amide bonds. The molecule has 0 saturated carbocycles. The van der Waals surface area contributed by atoms with Crippen molar-refractivity contribution in [2.24, 2.45) is 11.8 Å². The van der Waals surface area contributed by atoms with Gasteiger partial charge in [0.15, 0.2) is 0 Å². The highest BCUT2D eigenvalue weighted by Gasteiger charge is 2.30. The van der Waals surface area contributed by atoms with Gasteiger partial charge in [0.1, 0.15) is 0 Å². The van der Waals surface area contributed by atoms with Gasteiger partial charge in [0.25, 0.3) is 0 Å². The monoisotopic (exact) mass is 185 g/mol. The zero-order valence-electron chi connectivity index (χ0n) is 8.42. The Balaban J connectivity index is 2.51. The fourth-order valence-corrected chi connectivity index (χ4v) is 2.00. The van der Waals surface area contributed by atoms with Crippen molar-refractivity contribution in [1.29, 1.82) is 0 Å². The zero-order chi connectivity index (χ0) is 9.84. The molecule has 1 rings (SSSR count). The van der Waals surface area contributed by atoms with Gasteiger partial charge in [-0.2, -0.15) is 0 Å². The predicted octanol–water partition coefficient (Wildman–Crippen LogP) is 1.49. The van der Waals surface area contributed by atoms with Crippen molar-refractivity contribution in [3.63, 3.8) is 0 Å². The van der Waals surface area contributed by atoms with Gasteiger partial charge in [-0.1, -0.05) is 13.8 Å². The Hall–Kier alpha value is -0.570. The summed E-state index contributed by atoms with van der Waals surface area (Å²) in [6, 6.07) is 0.186. The predicted molar refractivity (Wildman–Crippen MR) is 51.6 cm³/mol. The molecule has 1 saturated heterocycles. The van der Waals surface area contributed by atoms with E-state index in [1.54, 1.807) is 0 Å². The fourth-order valence-electron chi connectivity index (χ4n) is 2.00. The second-order valence-electron chi connectivity index (χ2n) is 4.28. The number of hydrogen-bond acceptors (Lipinski definition) is 2. The lowest BCUT2D eigenvalue weighted by atomic mass is 9.86. The Morgan fingerprint density at radius 3 is 2.85 bits per heavy atom. The molecule has 0 aromatic rings. The first-order chi connectivity index (χ1) is 6.11. The molecule has 2 N–H and O–H groups in total. The summed E-state index contributed by atoms with van der Waals surface area (Å²) in [4.78, 5) is 10.9. The van der Waals surface area contributed by atoms with Crippen molar-refractivity contribution >= 4 is 5.97 Å². The van der Waals surface area contributed by atoms with E-state index in [1.165, 1.54) is 0 Å². The van der Waals surface area contributed by atoms with Crippen LogP contribution in [0.5, 0.6) is 0 Å². The minimum absolute atomic E-state index is 0.170. The molecule has 3 heteroatoms. The molecule has 0 spiro atoms. The molecule has 1 aliphatic rings. The van der Waals surface area contributed by atoms with Crippen molar-refractivity contribution in [3.8, 4) is 0 Å². The number of aliphatic carboxylic acids is 1. The van der Waals surface area contributed by atoms with Gasteiger partial charge in [-0.15, -0.1) is 0 Å². The molecule has 76 valence electrons. The van der Waals surface area contributed by atoms with Crippen molar-refractivity contribution in [2.75, 3.05) is 6.54 Å². The van der Waals surface area contributed by atoms with Crippen LogP contribution >= 0.6 is 0 Å². The highest BCUT2D eigenvalue weighted by molar-refractivity contribution is 5.71. The summed E-state index contributed by atoms with van der Waals surface area (Å²) in [7, 11) is 0. The number of carbonyl (C=O) groups is 1. The van der Waals surface area contributed by atoms with Crippen LogP contribution in [-0.4, -0.2) is 23.7 Å². The summed E-state index contributed by atoms with van der Waals surface area (Å²) in [6.07, 6.45) is 2.79. The van der Waals surface area contributed by atoms with Gasteiger partial charge in [0, 0.05) is 6.04 Å². The molecule has 0 radical (unpaired) electrons. The SMILES string of the molecule is CC(C)CC1NCCCC1C(=O)O. The van der Waals surface area contributed by atoms with Gasteiger partial charge in [-0.25, -0.2) is 0 Å². The first-order valence-electron chi connectivity index (χ1n) is 5.07. The molecular weight excluding hydrogens is 166 g/mol. The van der Waals surface area contributed by atoms with Crippen LogP contribution in [0.1, 0.15) is 33.1 Å². The van der Waals surface area contributed by atoms with Crippen LogP contribution in [0.3, 0.4) is 0 Å². The lowest BCUT2D eigenvalue weighted by Gasteiger charge is -2.30. The first-order valence-corrected chi connectivity index (χ1v) is 5.07. The molecule has 0 aliphatic carbocycles. The van der Waals surface area contributed by atoms with Crippen LogP contribution in [0.15, 0.2) is 0 Å². The second kappa shape index (κ2) is 4.61. The normalized spacial score (nSPS) is 29.2. The van der Waals surface area contributed by atoms with E-state index in [4.69, 9.17) is 5.11 Å². The smallest absolute Gasteiger partial charge is 0.308 e. The van der Waals surface area contributed by atoms with E-state index in [9.17, 15) is 4.79 Å². The van der Waals surface area contributed by atoms with Crippen LogP contribution in [-0.2, 0) is 4.79 Å². The number of hydrogen-bond donors (Lipinski definition) is 2. The second-order valence-corrected chi connectivity index (χ2v) is 4.28.